The number of aromatic carboxylic acids is 1. The molecule has 0 aliphatic carbocycles. The van der Waals surface area contributed by atoms with Crippen molar-refractivity contribution in [3.05, 3.63) is 107 Å². The van der Waals surface area contributed by atoms with E-state index < -0.39 is 23.5 Å². The van der Waals surface area contributed by atoms with Crippen molar-refractivity contribution >= 4 is 41.0 Å². The molecule has 5 rings (SSSR count). The van der Waals surface area contributed by atoms with Crippen LogP contribution in [0.3, 0.4) is 0 Å². The van der Waals surface area contributed by atoms with Crippen LogP contribution in [-0.2, 0) is 9.53 Å². The fourth-order valence-corrected chi connectivity index (χ4v) is 5.70. The van der Waals surface area contributed by atoms with E-state index >= 15 is 0 Å². The molecule has 1 atom stereocenters. The number of ether oxygens (including phenoxy) is 2. The Labute approximate surface area is 230 Å². The number of allylic oxidation sites excluding steroid dienone is 1. The first-order valence-electron chi connectivity index (χ1n) is 11.6. The molecule has 198 valence electrons. The van der Waals surface area contributed by atoms with E-state index in [1.807, 2.05) is 0 Å². The molecular formula is C28H21ClN2O7S. The monoisotopic (exact) mass is 564 g/mol. The third-order valence-corrected chi connectivity index (χ3v) is 7.45. The molecule has 0 bridgehead atoms. The number of halogens is 1. The summed E-state index contributed by atoms with van der Waals surface area (Å²) in [5.41, 5.74) is 1.17. The van der Waals surface area contributed by atoms with Crippen LogP contribution >= 0.6 is 22.9 Å². The summed E-state index contributed by atoms with van der Waals surface area (Å²) in [7, 11) is 2.75. The lowest BCUT2D eigenvalue weighted by atomic mass is 9.95. The van der Waals surface area contributed by atoms with Gasteiger partial charge in [0.15, 0.2) is 4.80 Å². The van der Waals surface area contributed by atoms with Gasteiger partial charge in [0.1, 0.15) is 23.3 Å². The number of fused-ring (bicyclic) bond motifs is 1. The van der Waals surface area contributed by atoms with E-state index in [0.29, 0.717) is 48.5 Å². The number of carbonyl (C=O) groups excluding carboxylic acids is 1. The minimum Gasteiger partial charge on any atom is -0.496 e. The summed E-state index contributed by atoms with van der Waals surface area (Å²) in [6.07, 6.45) is 1.56. The SMILES string of the molecule is COC(=O)C1=C(C)N=c2s/c(=C\c3ccc(-c4ccccc4C(=O)O)o3)c(=O)n2[C@H]1c1cc(Cl)ccc1OC. The number of hydrogen-bond donors (Lipinski definition) is 1. The highest BCUT2D eigenvalue weighted by Gasteiger charge is 2.35. The minimum atomic E-state index is -1.08. The van der Waals surface area contributed by atoms with E-state index in [9.17, 15) is 19.5 Å². The molecule has 0 fully saturated rings. The summed E-state index contributed by atoms with van der Waals surface area (Å²) in [5, 5.41) is 9.92. The van der Waals surface area contributed by atoms with Gasteiger partial charge in [0.25, 0.3) is 5.56 Å². The Hall–Kier alpha value is -4.41. The van der Waals surface area contributed by atoms with Crippen LogP contribution in [0.2, 0.25) is 5.02 Å². The molecule has 2 aromatic carbocycles. The molecule has 2 aromatic heterocycles. The maximum Gasteiger partial charge on any atom is 0.338 e. The fourth-order valence-electron chi connectivity index (χ4n) is 4.49. The highest BCUT2D eigenvalue weighted by molar-refractivity contribution is 7.07. The van der Waals surface area contributed by atoms with Crippen LogP contribution in [0.25, 0.3) is 17.4 Å². The van der Waals surface area contributed by atoms with Crippen molar-refractivity contribution in [2.24, 2.45) is 4.99 Å². The normalized spacial score (nSPS) is 15.1. The number of furan rings is 1. The number of carboxylic acid groups (broad SMARTS) is 1. The maximum atomic E-state index is 13.8. The Morgan fingerprint density at radius 3 is 2.64 bits per heavy atom. The number of carbonyl (C=O) groups is 2. The van der Waals surface area contributed by atoms with Crippen LogP contribution in [0.4, 0.5) is 0 Å². The van der Waals surface area contributed by atoms with E-state index in [0.717, 1.165) is 11.3 Å². The Bertz CT molecular complexity index is 1850. The quantitative estimate of drug-likeness (QED) is 0.351. The second-order valence-corrected chi connectivity index (χ2v) is 9.96. The molecule has 0 saturated heterocycles. The van der Waals surface area contributed by atoms with Crippen molar-refractivity contribution < 1.29 is 28.6 Å². The van der Waals surface area contributed by atoms with Crippen molar-refractivity contribution in [2.45, 2.75) is 13.0 Å². The third kappa shape index (κ3) is 4.68. The van der Waals surface area contributed by atoms with E-state index in [2.05, 4.69) is 4.99 Å². The Morgan fingerprint density at radius 2 is 1.92 bits per heavy atom. The number of carboxylic acids is 1. The average Bonchev–Trinajstić information content (AvgIpc) is 3.51. The van der Waals surface area contributed by atoms with Crippen molar-refractivity contribution in [3.8, 4) is 17.1 Å². The van der Waals surface area contributed by atoms with E-state index in [-0.39, 0.29) is 11.1 Å². The van der Waals surface area contributed by atoms with Gasteiger partial charge in [-0.15, -0.1) is 0 Å². The average molecular weight is 565 g/mol. The summed E-state index contributed by atoms with van der Waals surface area (Å²) in [4.78, 5) is 43.2. The van der Waals surface area contributed by atoms with E-state index in [4.69, 9.17) is 25.5 Å². The van der Waals surface area contributed by atoms with Crippen LogP contribution in [0, 0.1) is 0 Å². The highest BCUT2D eigenvalue weighted by Crippen LogP contribution is 2.37. The smallest absolute Gasteiger partial charge is 0.338 e. The molecule has 0 unspecified atom stereocenters. The molecule has 11 heteroatoms. The first-order valence-corrected chi connectivity index (χ1v) is 12.8. The van der Waals surface area contributed by atoms with Crippen LogP contribution in [0.5, 0.6) is 5.75 Å². The highest BCUT2D eigenvalue weighted by atomic mass is 35.5. The predicted octanol–water partition coefficient (Wildman–Crippen LogP) is 4.03. The number of benzene rings is 2. The lowest BCUT2D eigenvalue weighted by Crippen LogP contribution is -2.40. The summed E-state index contributed by atoms with van der Waals surface area (Å²) >= 11 is 7.43. The van der Waals surface area contributed by atoms with Gasteiger partial charge in [-0.3, -0.25) is 9.36 Å². The van der Waals surface area contributed by atoms with E-state index in [1.54, 1.807) is 61.5 Å². The van der Waals surface area contributed by atoms with Gasteiger partial charge in [-0.25, -0.2) is 14.6 Å². The van der Waals surface area contributed by atoms with Gasteiger partial charge in [-0.2, -0.15) is 0 Å². The fraction of sp³-hybridized carbons (Fsp3) is 0.143. The second kappa shape index (κ2) is 10.4. The van der Waals surface area contributed by atoms with Crippen LogP contribution in [-0.4, -0.2) is 35.8 Å². The first-order chi connectivity index (χ1) is 18.7. The zero-order valence-corrected chi connectivity index (χ0v) is 22.5. The molecule has 1 aliphatic rings. The van der Waals surface area contributed by atoms with Crippen LogP contribution in [0.1, 0.15) is 34.6 Å². The van der Waals surface area contributed by atoms with Crippen molar-refractivity contribution in [3.63, 3.8) is 0 Å². The number of esters is 1. The number of rotatable bonds is 6. The standard InChI is InChI=1S/C28H21ClN2O7S/c1-14-23(27(35)37-3)24(19-12-15(29)8-10-20(19)36-2)31-25(32)22(39-28(31)30-14)13-16-9-11-21(38-16)17-6-4-5-7-18(17)26(33)34/h4-13,24H,1-3H3,(H,33,34)/b22-13-/t24-/m0/s1. The number of thiazole rings is 1. The molecule has 9 nitrogen and oxygen atoms in total. The van der Waals surface area contributed by atoms with Crippen molar-refractivity contribution in [1.29, 1.82) is 0 Å². The van der Waals surface area contributed by atoms with Gasteiger partial charge >= 0.3 is 11.9 Å². The zero-order valence-electron chi connectivity index (χ0n) is 20.9. The van der Waals surface area contributed by atoms with Crippen LogP contribution < -0.4 is 19.6 Å². The van der Waals surface area contributed by atoms with Gasteiger partial charge in [-0.05, 0) is 43.3 Å². The molecule has 39 heavy (non-hydrogen) atoms. The van der Waals surface area contributed by atoms with Gasteiger partial charge in [0, 0.05) is 22.2 Å². The van der Waals surface area contributed by atoms with Gasteiger partial charge < -0.3 is 19.0 Å². The maximum absolute atomic E-state index is 13.8. The largest absolute Gasteiger partial charge is 0.496 e. The lowest BCUT2D eigenvalue weighted by molar-refractivity contribution is -0.136. The summed E-state index contributed by atoms with van der Waals surface area (Å²) in [6, 6.07) is 13.8. The molecule has 0 amide bonds. The minimum absolute atomic E-state index is 0.0963. The zero-order chi connectivity index (χ0) is 27.8. The molecule has 4 aromatic rings. The molecule has 0 radical (unpaired) electrons. The molecule has 0 saturated carbocycles. The molecule has 0 spiro atoms. The first kappa shape index (κ1) is 26.2. The van der Waals surface area contributed by atoms with Gasteiger partial charge in [0.05, 0.1) is 35.6 Å². The van der Waals surface area contributed by atoms with Crippen molar-refractivity contribution in [2.75, 3.05) is 14.2 Å². The number of hydrogen-bond acceptors (Lipinski definition) is 8. The second-order valence-electron chi connectivity index (χ2n) is 8.51. The van der Waals surface area contributed by atoms with E-state index in [1.165, 1.54) is 24.9 Å². The number of methoxy groups -OCH3 is 2. The molecule has 1 N–H and O–H groups in total. The third-order valence-electron chi connectivity index (χ3n) is 6.24. The topological polar surface area (TPSA) is 120 Å². The molecule has 1 aliphatic heterocycles. The summed E-state index contributed by atoms with van der Waals surface area (Å²) in [6.45, 7) is 1.67. The predicted molar refractivity (Wildman–Crippen MR) is 145 cm³/mol. The lowest BCUT2D eigenvalue weighted by Gasteiger charge is -2.25. The number of aromatic nitrogens is 1. The Kier molecular flexibility index (Phi) is 6.98. The molecule has 3 heterocycles. The summed E-state index contributed by atoms with van der Waals surface area (Å²) < 4.78 is 18.2. The van der Waals surface area contributed by atoms with Gasteiger partial charge in [-0.1, -0.05) is 41.1 Å². The molecular weight excluding hydrogens is 544 g/mol. The summed E-state index contributed by atoms with van der Waals surface area (Å²) in [5.74, 6) is -0.591. The van der Waals surface area contributed by atoms with Gasteiger partial charge in [0.2, 0.25) is 0 Å². The Balaban J connectivity index is 1.68. The Morgan fingerprint density at radius 1 is 1.15 bits per heavy atom. The van der Waals surface area contributed by atoms with Crippen LogP contribution in [0.15, 0.2) is 80.1 Å². The number of nitrogens with zero attached hydrogens (tertiary/aromatic N) is 2. The van der Waals surface area contributed by atoms with Crippen molar-refractivity contribution in [1.82, 2.24) is 4.57 Å².